The van der Waals surface area contributed by atoms with Gasteiger partial charge in [0.05, 0.1) is 17.2 Å². The van der Waals surface area contributed by atoms with E-state index in [0.717, 1.165) is 27.8 Å². The minimum atomic E-state index is -3.13. The maximum atomic E-state index is 12.9. The normalized spacial score (nSPS) is 18.8. The van der Waals surface area contributed by atoms with E-state index in [1.807, 2.05) is 25.1 Å². The summed E-state index contributed by atoms with van der Waals surface area (Å²) in [6, 6.07) is 5.78. The van der Waals surface area contributed by atoms with Gasteiger partial charge in [0, 0.05) is 24.0 Å². The molecule has 0 radical (unpaired) electrons. The maximum Gasteiger partial charge on any atom is 0.264 e. The number of carbonyl (C=O) groups excluding carboxylic acids is 1. The van der Waals surface area contributed by atoms with Gasteiger partial charge in [-0.25, -0.2) is 8.42 Å². The van der Waals surface area contributed by atoms with Crippen LogP contribution in [0.3, 0.4) is 0 Å². The van der Waals surface area contributed by atoms with E-state index in [1.165, 1.54) is 17.6 Å². The molecule has 2 heterocycles. The van der Waals surface area contributed by atoms with Gasteiger partial charge in [-0.3, -0.25) is 4.79 Å². The van der Waals surface area contributed by atoms with Crippen molar-refractivity contribution < 1.29 is 17.9 Å². The Hall–Kier alpha value is -1.60. The van der Waals surface area contributed by atoms with Crippen LogP contribution in [0.2, 0.25) is 0 Å². The van der Waals surface area contributed by atoms with Crippen LogP contribution in [0.5, 0.6) is 5.75 Å². The highest BCUT2D eigenvalue weighted by Gasteiger charge is 2.31. The zero-order valence-electron chi connectivity index (χ0n) is 14.0. The summed E-state index contributed by atoms with van der Waals surface area (Å²) in [5.74, 6) is 0.693. The standard InChI is InChI=1S/C17H21NO4S2/c1-11-14-9-12(22-2)6-7-15(14)23-16(11)17(19)18-8-4-5-13(10-18)24(3,20)21/h6-7,9,13H,4-5,8,10H2,1-3H3. The molecule has 1 aliphatic heterocycles. The molecule has 2 aromatic rings. The largest absolute Gasteiger partial charge is 0.497 e. The number of hydrogen-bond donors (Lipinski definition) is 0. The Balaban J connectivity index is 1.92. The van der Waals surface area contributed by atoms with Gasteiger partial charge in [-0.2, -0.15) is 0 Å². The van der Waals surface area contributed by atoms with Gasteiger partial charge >= 0.3 is 0 Å². The van der Waals surface area contributed by atoms with Crippen molar-refractivity contribution in [1.29, 1.82) is 0 Å². The van der Waals surface area contributed by atoms with Gasteiger partial charge in [-0.15, -0.1) is 11.3 Å². The molecule has 0 N–H and O–H groups in total. The highest BCUT2D eigenvalue weighted by molar-refractivity contribution is 7.91. The number of benzene rings is 1. The zero-order valence-corrected chi connectivity index (χ0v) is 15.7. The van der Waals surface area contributed by atoms with Crippen LogP contribution in [-0.4, -0.2) is 50.9 Å². The fourth-order valence-corrected chi connectivity index (χ4v) is 5.35. The van der Waals surface area contributed by atoms with Crippen molar-refractivity contribution in [1.82, 2.24) is 4.90 Å². The molecule has 0 saturated carbocycles. The number of sulfone groups is 1. The Morgan fingerprint density at radius 3 is 2.79 bits per heavy atom. The quantitative estimate of drug-likeness (QED) is 0.837. The van der Waals surface area contributed by atoms with Crippen molar-refractivity contribution in [2.45, 2.75) is 25.0 Å². The molecule has 5 nitrogen and oxygen atoms in total. The monoisotopic (exact) mass is 367 g/mol. The third-order valence-corrected chi connectivity index (χ3v) is 7.47. The van der Waals surface area contributed by atoms with Crippen molar-refractivity contribution in [3.05, 3.63) is 28.6 Å². The minimum absolute atomic E-state index is 0.0685. The summed E-state index contributed by atoms with van der Waals surface area (Å²) >= 11 is 1.46. The Bertz CT molecular complexity index is 885. The van der Waals surface area contributed by atoms with Crippen molar-refractivity contribution >= 4 is 37.2 Å². The molecule has 0 bridgehead atoms. The molecular formula is C17H21NO4S2. The van der Waals surface area contributed by atoms with Crippen LogP contribution in [0.25, 0.3) is 10.1 Å². The SMILES string of the molecule is COc1ccc2sc(C(=O)N3CCCC(S(C)(=O)=O)C3)c(C)c2c1. The number of methoxy groups -OCH3 is 1. The molecule has 0 aliphatic carbocycles. The molecule has 130 valence electrons. The Morgan fingerprint density at radius 2 is 2.12 bits per heavy atom. The van der Waals surface area contributed by atoms with E-state index in [1.54, 1.807) is 12.0 Å². The molecule has 1 atom stereocenters. The second kappa shape index (κ2) is 6.37. The fraction of sp³-hybridized carbons (Fsp3) is 0.471. The van der Waals surface area contributed by atoms with Crippen LogP contribution in [0.4, 0.5) is 0 Å². The van der Waals surface area contributed by atoms with Crippen LogP contribution < -0.4 is 4.74 Å². The topological polar surface area (TPSA) is 63.7 Å². The van der Waals surface area contributed by atoms with E-state index in [-0.39, 0.29) is 12.5 Å². The van der Waals surface area contributed by atoms with E-state index in [2.05, 4.69) is 0 Å². The van der Waals surface area contributed by atoms with Crippen LogP contribution in [0, 0.1) is 6.92 Å². The van der Waals surface area contributed by atoms with E-state index in [4.69, 9.17) is 4.74 Å². The molecule has 1 aliphatic rings. The Labute approximate surface area is 146 Å². The summed E-state index contributed by atoms with van der Waals surface area (Å²) in [4.78, 5) is 15.3. The lowest BCUT2D eigenvalue weighted by Crippen LogP contribution is -2.44. The van der Waals surface area contributed by atoms with Crippen molar-refractivity contribution in [2.75, 3.05) is 26.5 Å². The number of carbonyl (C=O) groups is 1. The number of hydrogen-bond acceptors (Lipinski definition) is 5. The molecule has 1 amide bonds. The summed E-state index contributed by atoms with van der Waals surface area (Å²) in [7, 11) is -1.51. The number of piperidine rings is 1. The zero-order chi connectivity index (χ0) is 17.5. The summed E-state index contributed by atoms with van der Waals surface area (Å²) < 4.78 is 29.9. The van der Waals surface area contributed by atoms with E-state index < -0.39 is 15.1 Å². The number of thiophene rings is 1. The summed E-state index contributed by atoms with van der Waals surface area (Å²) in [6.45, 7) is 2.83. The van der Waals surface area contributed by atoms with Crippen molar-refractivity contribution in [3.63, 3.8) is 0 Å². The Morgan fingerprint density at radius 1 is 1.38 bits per heavy atom. The summed E-state index contributed by atoms with van der Waals surface area (Å²) in [6.07, 6.45) is 2.61. The minimum Gasteiger partial charge on any atom is -0.497 e. The molecule has 24 heavy (non-hydrogen) atoms. The first kappa shape index (κ1) is 17.2. The third kappa shape index (κ3) is 3.15. The fourth-order valence-electron chi connectivity index (χ4n) is 3.15. The van der Waals surface area contributed by atoms with E-state index in [0.29, 0.717) is 17.8 Å². The van der Waals surface area contributed by atoms with Crippen LogP contribution >= 0.6 is 11.3 Å². The number of nitrogens with zero attached hydrogens (tertiary/aromatic N) is 1. The summed E-state index contributed by atoms with van der Waals surface area (Å²) in [5.41, 5.74) is 0.931. The van der Waals surface area contributed by atoms with Crippen LogP contribution in [-0.2, 0) is 9.84 Å². The molecule has 7 heteroatoms. The van der Waals surface area contributed by atoms with E-state index in [9.17, 15) is 13.2 Å². The van der Waals surface area contributed by atoms with Gasteiger partial charge in [-0.05, 0) is 48.9 Å². The number of ether oxygens (including phenoxy) is 1. The molecular weight excluding hydrogens is 346 g/mol. The first-order valence-electron chi connectivity index (χ1n) is 7.86. The van der Waals surface area contributed by atoms with Gasteiger partial charge in [-0.1, -0.05) is 0 Å². The maximum absolute atomic E-state index is 12.9. The number of amides is 1. The predicted molar refractivity (Wildman–Crippen MR) is 96.9 cm³/mol. The van der Waals surface area contributed by atoms with Gasteiger partial charge in [0.25, 0.3) is 5.91 Å². The predicted octanol–water partition coefficient (Wildman–Crippen LogP) is 2.87. The lowest BCUT2D eigenvalue weighted by molar-refractivity contribution is 0.0731. The first-order valence-corrected chi connectivity index (χ1v) is 10.6. The van der Waals surface area contributed by atoms with Gasteiger partial charge < -0.3 is 9.64 Å². The molecule has 1 unspecified atom stereocenters. The lowest BCUT2D eigenvalue weighted by Gasteiger charge is -2.31. The molecule has 3 rings (SSSR count). The smallest absolute Gasteiger partial charge is 0.264 e. The Kier molecular flexibility index (Phi) is 4.57. The van der Waals surface area contributed by atoms with Gasteiger partial charge in [0.1, 0.15) is 5.75 Å². The second-order valence-electron chi connectivity index (χ2n) is 6.26. The number of rotatable bonds is 3. The molecule has 1 fully saturated rings. The van der Waals surface area contributed by atoms with Crippen molar-refractivity contribution in [3.8, 4) is 5.75 Å². The van der Waals surface area contributed by atoms with Gasteiger partial charge in [0.15, 0.2) is 9.84 Å². The average Bonchev–Trinajstić information content (AvgIpc) is 2.90. The highest BCUT2D eigenvalue weighted by atomic mass is 32.2. The first-order chi connectivity index (χ1) is 11.3. The van der Waals surface area contributed by atoms with Gasteiger partial charge in [0.2, 0.25) is 0 Å². The average molecular weight is 367 g/mol. The summed E-state index contributed by atoms with van der Waals surface area (Å²) in [5, 5.41) is 0.560. The van der Waals surface area contributed by atoms with Crippen molar-refractivity contribution in [2.24, 2.45) is 0 Å². The number of aryl methyl sites for hydroxylation is 1. The third-order valence-electron chi connectivity index (χ3n) is 4.61. The van der Waals surface area contributed by atoms with E-state index >= 15 is 0 Å². The molecule has 1 aromatic heterocycles. The van der Waals surface area contributed by atoms with Crippen LogP contribution in [0.15, 0.2) is 18.2 Å². The number of likely N-dealkylation sites (tertiary alicyclic amines) is 1. The molecule has 1 aromatic carbocycles. The van der Waals surface area contributed by atoms with Crippen LogP contribution in [0.1, 0.15) is 28.1 Å². The molecule has 1 saturated heterocycles. The number of fused-ring (bicyclic) bond motifs is 1. The highest BCUT2D eigenvalue weighted by Crippen LogP contribution is 2.34. The lowest BCUT2D eigenvalue weighted by atomic mass is 10.1. The second-order valence-corrected chi connectivity index (χ2v) is 9.64. The molecule has 0 spiro atoms.